The highest BCUT2D eigenvalue weighted by Gasteiger charge is 2.83. The van der Waals surface area contributed by atoms with Gasteiger partial charge in [0.05, 0.1) is 25.0 Å². The average molecular weight is 500 g/mol. The highest BCUT2D eigenvalue weighted by atomic mass is 19.1. The van der Waals surface area contributed by atoms with Crippen LogP contribution in [0.1, 0.15) is 29.2 Å². The molecule has 3 atom stereocenters. The molecule has 37 heavy (non-hydrogen) atoms. The zero-order valence-corrected chi connectivity index (χ0v) is 20.5. The van der Waals surface area contributed by atoms with Crippen molar-refractivity contribution in [1.29, 1.82) is 5.41 Å². The van der Waals surface area contributed by atoms with Gasteiger partial charge in [-0.15, -0.1) is 0 Å². The summed E-state index contributed by atoms with van der Waals surface area (Å²) >= 11 is 0. The third-order valence-corrected chi connectivity index (χ3v) is 7.18. The lowest BCUT2D eigenvalue weighted by molar-refractivity contribution is -0.152. The number of hydrogen-bond donors (Lipinski definition) is 2. The van der Waals surface area contributed by atoms with Crippen LogP contribution in [0, 0.1) is 30.0 Å². The van der Waals surface area contributed by atoms with E-state index >= 15 is 0 Å². The summed E-state index contributed by atoms with van der Waals surface area (Å²) in [7, 11) is 0. The number of halogens is 1. The molecule has 1 saturated carbocycles. The van der Waals surface area contributed by atoms with Crippen LogP contribution in [0.25, 0.3) is 0 Å². The minimum absolute atomic E-state index is 0.118. The number of carbonyl (C=O) groups is 3. The van der Waals surface area contributed by atoms with E-state index in [1.165, 1.54) is 17.0 Å². The number of aryl methyl sites for hydroxylation is 1. The third-order valence-electron chi connectivity index (χ3n) is 7.18. The Kier molecular flexibility index (Phi) is 6.11. The summed E-state index contributed by atoms with van der Waals surface area (Å²) in [5.41, 5.74) is 2.35. The molecular formula is C29H26FN3O4. The Morgan fingerprint density at radius 1 is 1.14 bits per heavy atom. The maximum atomic E-state index is 14.0. The van der Waals surface area contributed by atoms with Crippen LogP contribution in [0.4, 0.5) is 15.8 Å². The predicted octanol–water partition coefficient (Wildman–Crippen LogP) is 4.49. The molecule has 0 aromatic heterocycles. The van der Waals surface area contributed by atoms with E-state index in [0.29, 0.717) is 28.1 Å². The molecular weight excluding hydrogens is 473 g/mol. The highest BCUT2D eigenvalue weighted by Crippen LogP contribution is 2.66. The molecule has 7 nitrogen and oxygen atoms in total. The van der Waals surface area contributed by atoms with Gasteiger partial charge < -0.3 is 15.5 Å². The maximum absolute atomic E-state index is 14.0. The second-order valence-electron chi connectivity index (χ2n) is 9.32. The number of rotatable bonds is 8. The Morgan fingerprint density at radius 3 is 2.49 bits per heavy atom. The van der Waals surface area contributed by atoms with Crippen molar-refractivity contribution in [3.8, 4) is 0 Å². The monoisotopic (exact) mass is 499 g/mol. The summed E-state index contributed by atoms with van der Waals surface area (Å²) in [6, 6.07) is 18.5. The Bertz CT molecular complexity index is 1410. The quantitative estimate of drug-likeness (QED) is 0.270. The van der Waals surface area contributed by atoms with Crippen LogP contribution in [-0.2, 0) is 31.1 Å². The zero-order chi connectivity index (χ0) is 26.3. The van der Waals surface area contributed by atoms with Gasteiger partial charge in [-0.05, 0) is 66.9 Å². The fraction of sp³-hybridized carbons (Fsp3) is 0.241. The molecule has 0 radical (unpaired) electrons. The number of carbonyl (C=O) groups excluding carboxylic acids is 3. The van der Waals surface area contributed by atoms with Crippen LogP contribution in [0.5, 0.6) is 0 Å². The molecule has 1 aliphatic carbocycles. The van der Waals surface area contributed by atoms with Gasteiger partial charge in [0, 0.05) is 23.2 Å². The van der Waals surface area contributed by atoms with Crippen molar-refractivity contribution in [1.82, 2.24) is 4.90 Å². The van der Waals surface area contributed by atoms with Gasteiger partial charge in [-0.3, -0.25) is 19.3 Å². The fourth-order valence-corrected chi connectivity index (χ4v) is 5.49. The van der Waals surface area contributed by atoms with Crippen LogP contribution in [0.15, 0.2) is 66.7 Å². The molecule has 8 heteroatoms. The van der Waals surface area contributed by atoms with Gasteiger partial charge in [0.1, 0.15) is 11.2 Å². The average Bonchev–Trinajstić information content (AvgIpc) is 3.54. The summed E-state index contributed by atoms with van der Waals surface area (Å²) < 4.78 is 18.6. The molecule has 3 unspecified atom stereocenters. The van der Waals surface area contributed by atoms with Gasteiger partial charge in [0.15, 0.2) is 0 Å². The van der Waals surface area contributed by atoms with Crippen LogP contribution < -0.4 is 5.32 Å². The normalized spacial score (nSPS) is 22.0. The van der Waals surface area contributed by atoms with E-state index in [1.54, 1.807) is 31.2 Å². The lowest BCUT2D eigenvalue weighted by Crippen LogP contribution is -2.40. The minimum atomic E-state index is -1.37. The number of amides is 2. The molecule has 1 aliphatic heterocycles. The topological polar surface area (TPSA) is 99.6 Å². The summed E-state index contributed by atoms with van der Waals surface area (Å²) in [4.78, 5) is 41.6. The molecule has 2 N–H and O–H groups in total. The van der Waals surface area contributed by atoms with E-state index in [1.807, 2.05) is 37.3 Å². The number of esters is 1. The zero-order valence-electron chi connectivity index (χ0n) is 20.5. The SMILES string of the molecule is CCOC(=O)C1C2C(=O)N(Cc3ccccc3)C(=O)C12c1cc(C=N)c(Nc2ccc(F)cc2)cc1C. The highest BCUT2D eigenvalue weighted by molar-refractivity contribution is 6.20. The van der Waals surface area contributed by atoms with Crippen LogP contribution in [0.3, 0.4) is 0 Å². The summed E-state index contributed by atoms with van der Waals surface area (Å²) in [6.07, 6.45) is 1.14. The van der Waals surface area contributed by atoms with Crippen molar-refractivity contribution in [2.45, 2.75) is 25.8 Å². The number of nitrogens with zero attached hydrogens (tertiary/aromatic N) is 1. The standard InChI is InChI=1S/C29H26FN3O4/c1-3-37-27(35)25-24-26(34)33(16-18-7-5-4-6-8-18)28(36)29(24,25)22-14-19(15-31)23(13-17(22)2)32-21-11-9-20(30)10-12-21/h4-15,24-25,31-32H,3,16H2,1-2H3. The van der Waals surface area contributed by atoms with Gasteiger partial charge >= 0.3 is 5.97 Å². The number of piperidine rings is 1. The van der Waals surface area contributed by atoms with Crippen LogP contribution in [0.2, 0.25) is 0 Å². The summed E-state index contributed by atoms with van der Waals surface area (Å²) in [5.74, 6) is -3.52. The second-order valence-corrected chi connectivity index (χ2v) is 9.32. The Hall–Kier alpha value is -4.33. The van der Waals surface area contributed by atoms with Gasteiger partial charge in [0.25, 0.3) is 0 Å². The third kappa shape index (κ3) is 3.89. The van der Waals surface area contributed by atoms with E-state index in [2.05, 4.69) is 5.32 Å². The molecule has 2 fully saturated rings. The summed E-state index contributed by atoms with van der Waals surface area (Å²) in [6.45, 7) is 3.75. The van der Waals surface area contributed by atoms with Gasteiger partial charge in [-0.1, -0.05) is 30.3 Å². The largest absolute Gasteiger partial charge is 0.466 e. The number of nitrogens with one attached hydrogen (secondary N) is 2. The molecule has 3 aromatic carbocycles. The number of likely N-dealkylation sites (tertiary alicyclic amines) is 1. The van der Waals surface area contributed by atoms with Crippen molar-refractivity contribution in [3.05, 3.63) is 94.8 Å². The molecule has 5 rings (SSSR count). The first-order chi connectivity index (χ1) is 17.8. The predicted molar refractivity (Wildman–Crippen MR) is 136 cm³/mol. The molecule has 0 spiro atoms. The number of ether oxygens (including phenoxy) is 1. The van der Waals surface area contributed by atoms with Crippen LogP contribution in [-0.4, -0.2) is 35.5 Å². The first-order valence-electron chi connectivity index (χ1n) is 12.1. The van der Waals surface area contributed by atoms with Crippen molar-refractivity contribution in [2.75, 3.05) is 11.9 Å². The molecule has 188 valence electrons. The second kappa shape index (κ2) is 9.28. The number of fused-ring (bicyclic) bond motifs is 1. The Balaban J connectivity index is 1.56. The van der Waals surface area contributed by atoms with Crippen molar-refractivity contribution < 1.29 is 23.5 Å². The van der Waals surface area contributed by atoms with Gasteiger partial charge in [0.2, 0.25) is 11.8 Å². The lowest BCUT2D eigenvalue weighted by Gasteiger charge is -2.24. The molecule has 0 bridgehead atoms. The molecule has 1 saturated heterocycles. The van der Waals surface area contributed by atoms with E-state index in [-0.39, 0.29) is 19.0 Å². The number of hydrogen-bond acceptors (Lipinski definition) is 6. The summed E-state index contributed by atoms with van der Waals surface area (Å²) in [5, 5.41) is 11.2. The Labute approximate surface area is 213 Å². The number of anilines is 2. The smallest absolute Gasteiger partial charge is 0.311 e. The maximum Gasteiger partial charge on any atom is 0.311 e. The minimum Gasteiger partial charge on any atom is -0.466 e. The first-order valence-corrected chi connectivity index (χ1v) is 12.1. The molecule has 1 heterocycles. The molecule has 2 aliphatic rings. The van der Waals surface area contributed by atoms with E-state index < -0.39 is 35.0 Å². The fourth-order valence-electron chi connectivity index (χ4n) is 5.49. The number of imide groups is 1. The van der Waals surface area contributed by atoms with Gasteiger partial charge in [-0.25, -0.2) is 4.39 Å². The Morgan fingerprint density at radius 2 is 1.84 bits per heavy atom. The van der Waals surface area contributed by atoms with E-state index in [4.69, 9.17) is 10.1 Å². The molecule has 3 aromatic rings. The van der Waals surface area contributed by atoms with Crippen molar-refractivity contribution in [2.24, 2.45) is 11.8 Å². The van der Waals surface area contributed by atoms with Crippen molar-refractivity contribution in [3.63, 3.8) is 0 Å². The lowest BCUT2D eigenvalue weighted by atomic mass is 9.86. The van der Waals surface area contributed by atoms with E-state index in [9.17, 15) is 18.8 Å². The first kappa shape index (κ1) is 24.4. The van der Waals surface area contributed by atoms with Gasteiger partial charge in [-0.2, -0.15) is 0 Å². The van der Waals surface area contributed by atoms with Crippen molar-refractivity contribution >= 4 is 35.4 Å². The number of benzene rings is 3. The molecule has 2 amide bonds. The van der Waals surface area contributed by atoms with E-state index in [0.717, 1.165) is 11.8 Å². The van der Waals surface area contributed by atoms with Crippen LogP contribution >= 0.6 is 0 Å².